The molecule has 1 aromatic heterocycles. The van der Waals surface area contributed by atoms with Crippen molar-refractivity contribution in [1.29, 1.82) is 0 Å². The highest BCUT2D eigenvalue weighted by Gasteiger charge is 2.09. The standard InChI is InChI=1S/C20H23N5O.ClH/c21-12-10-17-6-8-18(9-7-17)20(26)22-14-19-24-23-15-25(19)13-11-16-4-2-1-3-5-16;/h1-9,15H,10-14,21H2,(H,22,26);1H. The third kappa shape index (κ3) is 5.91. The summed E-state index contributed by atoms with van der Waals surface area (Å²) in [5, 5.41) is 11.0. The van der Waals surface area contributed by atoms with Gasteiger partial charge < -0.3 is 15.6 Å². The molecule has 0 saturated carbocycles. The molecule has 7 heteroatoms. The van der Waals surface area contributed by atoms with E-state index >= 15 is 0 Å². The van der Waals surface area contributed by atoms with Crippen LogP contribution < -0.4 is 11.1 Å². The Kier molecular flexibility index (Phi) is 7.98. The van der Waals surface area contributed by atoms with E-state index < -0.39 is 0 Å². The Morgan fingerprint density at radius 3 is 2.41 bits per heavy atom. The van der Waals surface area contributed by atoms with Gasteiger partial charge in [-0.25, -0.2) is 0 Å². The van der Waals surface area contributed by atoms with Crippen LogP contribution in [0.1, 0.15) is 27.3 Å². The van der Waals surface area contributed by atoms with Gasteiger partial charge >= 0.3 is 0 Å². The van der Waals surface area contributed by atoms with Gasteiger partial charge in [0.1, 0.15) is 6.33 Å². The Morgan fingerprint density at radius 1 is 1.00 bits per heavy atom. The Balaban J connectivity index is 0.00000261. The van der Waals surface area contributed by atoms with Crippen molar-refractivity contribution in [1.82, 2.24) is 20.1 Å². The van der Waals surface area contributed by atoms with Crippen molar-refractivity contribution in [3.05, 3.63) is 83.4 Å². The average Bonchev–Trinajstić information content (AvgIpc) is 3.13. The number of nitrogens with one attached hydrogen (secondary N) is 1. The fraction of sp³-hybridized carbons (Fsp3) is 0.250. The maximum Gasteiger partial charge on any atom is 0.251 e. The molecule has 27 heavy (non-hydrogen) atoms. The number of aryl methyl sites for hydroxylation is 2. The van der Waals surface area contributed by atoms with Gasteiger partial charge in [-0.1, -0.05) is 42.5 Å². The largest absolute Gasteiger partial charge is 0.345 e. The molecule has 0 radical (unpaired) electrons. The van der Waals surface area contributed by atoms with Gasteiger partial charge in [-0.3, -0.25) is 4.79 Å². The zero-order valence-corrected chi connectivity index (χ0v) is 15.9. The van der Waals surface area contributed by atoms with Crippen LogP contribution in [-0.2, 0) is 25.9 Å². The van der Waals surface area contributed by atoms with Crippen molar-refractivity contribution in [3.8, 4) is 0 Å². The smallest absolute Gasteiger partial charge is 0.251 e. The van der Waals surface area contributed by atoms with E-state index in [1.165, 1.54) is 5.56 Å². The molecule has 0 fully saturated rings. The number of nitrogens with zero attached hydrogens (tertiary/aromatic N) is 3. The Hall–Kier alpha value is -2.70. The molecule has 3 rings (SSSR count). The number of hydrogen-bond acceptors (Lipinski definition) is 4. The second kappa shape index (κ2) is 10.4. The SMILES string of the molecule is Cl.NCCc1ccc(C(=O)NCc2nncn2CCc2ccccc2)cc1. The number of amides is 1. The predicted molar refractivity (Wildman–Crippen MR) is 108 cm³/mol. The summed E-state index contributed by atoms with van der Waals surface area (Å²) in [6.07, 6.45) is 3.40. The minimum Gasteiger partial charge on any atom is -0.345 e. The third-order valence-electron chi connectivity index (χ3n) is 4.24. The second-order valence-corrected chi connectivity index (χ2v) is 6.09. The number of hydrogen-bond donors (Lipinski definition) is 2. The van der Waals surface area contributed by atoms with Crippen LogP contribution in [0.15, 0.2) is 60.9 Å². The molecular formula is C20H24ClN5O. The lowest BCUT2D eigenvalue weighted by atomic mass is 10.1. The van der Waals surface area contributed by atoms with E-state index in [0.717, 1.165) is 30.8 Å². The number of carbonyl (C=O) groups excluding carboxylic acids is 1. The molecule has 1 heterocycles. The molecule has 0 spiro atoms. The van der Waals surface area contributed by atoms with E-state index in [4.69, 9.17) is 5.73 Å². The molecule has 6 nitrogen and oxygen atoms in total. The fourth-order valence-corrected chi connectivity index (χ4v) is 2.75. The van der Waals surface area contributed by atoms with Crippen LogP contribution in [0.4, 0.5) is 0 Å². The summed E-state index contributed by atoms with van der Waals surface area (Å²) >= 11 is 0. The molecule has 1 amide bonds. The van der Waals surface area contributed by atoms with Crippen molar-refractivity contribution in [2.45, 2.75) is 25.9 Å². The monoisotopic (exact) mass is 385 g/mol. The van der Waals surface area contributed by atoms with Crippen molar-refractivity contribution in [3.63, 3.8) is 0 Å². The maximum absolute atomic E-state index is 12.3. The van der Waals surface area contributed by atoms with E-state index in [-0.39, 0.29) is 18.3 Å². The topological polar surface area (TPSA) is 85.8 Å². The highest BCUT2D eigenvalue weighted by atomic mass is 35.5. The van der Waals surface area contributed by atoms with Gasteiger partial charge in [0.2, 0.25) is 0 Å². The number of nitrogens with two attached hydrogens (primary N) is 1. The molecule has 0 aliphatic rings. The van der Waals surface area contributed by atoms with Gasteiger partial charge in [0.25, 0.3) is 5.91 Å². The van der Waals surface area contributed by atoms with Crippen LogP contribution >= 0.6 is 12.4 Å². The van der Waals surface area contributed by atoms with E-state index in [2.05, 4.69) is 27.6 Å². The first-order chi connectivity index (χ1) is 12.8. The first-order valence-corrected chi connectivity index (χ1v) is 8.74. The van der Waals surface area contributed by atoms with Crippen LogP contribution in [-0.4, -0.2) is 27.2 Å². The molecular weight excluding hydrogens is 362 g/mol. The Bertz CT molecular complexity index is 833. The van der Waals surface area contributed by atoms with Crippen molar-refractivity contribution in [2.75, 3.05) is 6.54 Å². The number of benzene rings is 2. The Labute approximate surface area is 165 Å². The summed E-state index contributed by atoms with van der Waals surface area (Å²) in [7, 11) is 0. The highest BCUT2D eigenvalue weighted by molar-refractivity contribution is 5.94. The molecule has 0 saturated heterocycles. The lowest BCUT2D eigenvalue weighted by Gasteiger charge is -2.08. The van der Waals surface area contributed by atoms with Gasteiger partial charge in [0, 0.05) is 12.1 Å². The summed E-state index contributed by atoms with van der Waals surface area (Å²) in [5.74, 6) is 0.621. The lowest BCUT2D eigenvalue weighted by molar-refractivity contribution is 0.0949. The van der Waals surface area contributed by atoms with Gasteiger partial charge in [0.15, 0.2) is 5.82 Å². The predicted octanol–water partition coefficient (Wildman–Crippen LogP) is 2.37. The van der Waals surface area contributed by atoms with E-state index in [9.17, 15) is 4.79 Å². The zero-order chi connectivity index (χ0) is 18.2. The van der Waals surface area contributed by atoms with E-state index in [0.29, 0.717) is 18.7 Å². The van der Waals surface area contributed by atoms with Crippen LogP contribution in [0.3, 0.4) is 0 Å². The van der Waals surface area contributed by atoms with E-state index in [1.807, 2.05) is 47.0 Å². The van der Waals surface area contributed by atoms with Crippen molar-refractivity contribution >= 4 is 18.3 Å². The van der Waals surface area contributed by atoms with Crippen LogP contribution in [0, 0.1) is 0 Å². The number of halogens is 1. The Morgan fingerprint density at radius 2 is 1.70 bits per heavy atom. The molecule has 0 bridgehead atoms. The quantitative estimate of drug-likeness (QED) is 0.623. The number of aromatic nitrogens is 3. The molecule has 3 N–H and O–H groups in total. The van der Waals surface area contributed by atoms with Crippen molar-refractivity contribution in [2.24, 2.45) is 5.73 Å². The summed E-state index contributed by atoms with van der Waals surface area (Å²) in [5.41, 5.74) is 8.56. The van der Waals surface area contributed by atoms with Crippen LogP contribution in [0.2, 0.25) is 0 Å². The van der Waals surface area contributed by atoms with Crippen LogP contribution in [0.5, 0.6) is 0 Å². The zero-order valence-electron chi connectivity index (χ0n) is 15.0. The van der Waals surface area contributed by atoms with Gasteiger partial charge in [-0.2, -0.15) is 0 Å². The second-order valence-electron chi connectivity index (χ2n) is 6.09. The third-order valence-corrected chi connectivity index (χ3v) is 4.24. The lowest BCUT2D eigenvalue weighted by Crippen LogP contribution is -2.25. The average molecular weight is 386 g/mol. The molecule has 3 aromatic rings. The minimum atomic E-state index is -0.123. The molecule has 0 aliphatic heterocycles. The number of carbonyl (C=O) groups is 1. The summed E-state index contributed by atoms with van der Waals surface area (Å²) in [6.45, 7) is 1.72. The highest BCUT2D eigenvalue weighted by Crippen LogP contribution is 2.06. The molecule has 0 atom stereocenters. The normalized spacial score (nSPS) is 10.3. The first kappa shape index (κ1) is 20.6. The van der Waals surface area contributed by atoms with Crippen molar-refractivity contribution < 1.29 is 4.79 Å². The van der Waals surface area contributed by atoms with Gasteiger partial charge in [-0.15, -0.1) is 22.6 Å². The molecule has 0 aliphatic carbocycles. The summed E-state index contributed by atoms with van der Waals surface area (Å²) in [6, 6.07) is 17.8. The van der Waals surface area contributed by atoms with E-state index in [1.54, 1.807) is 6.33 Å². The first-order valence-electron chi connectivity index (χ1n) is 8.74. The summed E-state index contributed by atoms with van der Waals surface area (Å²) in [4.78, 5) is 12.3. The van der Waals surface area contributed by atoms with Crippen LogP contribution in [0.25, 0.3) is 0 Å². The summed E-state index contributed by atoms with van der Waals surface area (Å²) < 4.78 is 1.97. The number of rotatable bonds is 8. The van der Waals surface area contributed by atoms with Gasteiger partial charge in [-0.05, 0) is 42.6 Å². The maximum atomic E-state index is 12.3. The minimum absolute atomic E-state index is 0. The molecule has 0 unspecified atom stereocenters. The fourth-order valence-electron chi connectivity index (χ4n) is 2.75. The molecule has 142 valence electrons. The molecule has 2 aromatic carbocycles. The van der Waals surface area contributed by atoms with Gasteiger partial charge in [0.05, 0.1) is 6.54 Å².